The molecule has 0 spiro atoms. The van der Waals surface area contributed by atoms with Gasteiger partial charge in [0, 0.05) is 32.4 Å². The molecule has 0 fully saturated rings. The van der Waals surface area contributed by atoms with Gasteiger partial charge in [0.2, 0.25) is 0 Å². The van der Waals surface area contributed by atoms with Gasteiger partial charge in [0.05, 0.1) is 0 Å². The highest BCUT2D eigenvalue weighted by atomic mass is 127. The summed E-state index contributed by atoms with van der Waals surface area (Å²) < 4.78 is 0. The Balaban J connectivity index is 0.00000484. The van der Waals surface area contributed by atoms with Crippen LogP contribution in [0.2, 0.25) is 0 Å². The first-order chi connectivity index (χ1) is 10.7. The number of nitrogens with zero attached hydrogens (tertiary/aromatic N) is 2. The molecule has 6 heteroatoms. The van der Waals surface area contributed by atoms with E-state index in [0.717, 1.165) is 50.8 Å². The molecule has 0 aliphatic heterocycles. The number of aliphatic imine (C=N–C) groups is 1. The van der Waals surface area contributed by atoms with Crippen molar-refractivity contribution < 1.29 is 0 Å². The molecule has 0 amide bonds. The van der Waals surface area contributed by atoms with Crippen LogP contribution >= 0.6 is 24.0 Å². The first-order valence-electron chi connectivity index (χ1n) is 8.39. The average Bonchev–Trinajstić information content (AvgIpc) is 2.51. The lowest BCUT2D eigenvalue weighted by atomic mass is 10.1. The van der Waals surface area contributed by atoms with E-state index in [2.05, 4.69) is 46.7 Å². The van der Waals surface area contributed by atoms with Gasteiger partial charge in [-0.05, 0) is 44.2 Å². The van der Waals surface area contributed by atoms with Crippen molar-refractivity contribution in [1.82, 2.24) is 15.6 Å². The van der Waals surface area contributed by atoms with Gasteiger partial charge >= 0.3 is 0 Å². The van der Waals surface area contributed by atoms with Crippen LogP contribution in [0.15, 0.2) is 29.4 Å². The molecule has 1 heterocycles. The number of hydrogen-bond donors (Lipinski definition) is 3. The topological polar surface area (TPSA) is 61.3 Å². The third kappa shape index (κ3) is 12.1. The normalized spacial score (nSPS) is 11.0. The zero-order valence-electron chi connectivity index (χ0n) is 14.6. The fraction of sp³-hybridized carbons (Fsp3) is 0.647. The summed E-state index contributed by atoms with van der Waals surface area (Å²) in [4.78, 5) is 8.84. The van der Waals surface area contributed by atoms with Crippen molar-refractivity contribution in [1.29, 1.82) is 0 Å². The summed E-state index contributed by atoms with van der Waals surface area (Å²) in [6, 6.07) is 5.90. The number of hydrogen-bond acceptors (Lipinski definition) is 3. The zero-order chi connectivity index (χ0) is 16.0. The lowest BCUT2D eigenvalue weighted by molar-refractivity contribution is 0.573. The van der Waals surface area contributed by atoms with Gasteiger partial charge in [0.1, 0.15) is 5.82 Å². The highest BCUT2D eigenvalue weighted by Gasteiger charge is 1.98. The van der Waals surface area contributed by atoms with Gasteiger partial charge < -0.3 is 16.0 Å². The lowest BCUT2D eigenvalue weighted by Gasteiger charge is -2.12. The Morgan fingerprint density at radius 2 is 2.00 bits per heavy atom. The van der Waals surface area contributed by atoms with Gasteiger partial charge in [-0.25, -0.2) is 4.98 Å². The molecule has 1 aromatic heterocycles. The molecule has 0 atom stereocenters. The Morgan fingerprint density at radius 1 is 1.17 bits per heavy atom. The third-order valence-electron chi connectivity index (χ3n) is 3.18. The van der Waals surface area contributed by atoms with Gasteiger partial charge in [-0.1, -0.05) is 19.9 Å². The molecule has 0 saturated carbocycles. The fourth-order valence-electron chi connectivity index (χ4n) is 1.93. The quantitative estimate of drug-likeness (QED) is 0.229. The number of halogens is 1. The van der Waals surface area contributed by atoms with Crippen LogP contribution in [0.3, 0.4) is 0 Å². The number of rotatable bonds is 10. The van der Waals surface area contributed by atoms with Crippen LogP contribution in [-0.4, -0.2) is 37.1 Å². The molecule has 5 nitrogen and oxygen atoms in total. The van der Waals surface area contributed by atoms with Crippen LogP contribution in [0.4, 0.5) is 5.82 Å². The van der Waals surface area contributed by atoms with Gasteiger partial charge in [0.25, 0.3) is 0 Å². The van der Waals surface area contributed by atoms with E-state index in [0.29, 0.717) is 5.92 Å². The second-order valence-electron chi connectivity index (χ2n) is 5.72. The summed E-state index contributed by atoms with van der Waals surface area (Å²) in [7, 11) is 0. The molecule has 3 N–H and O–H groups in total. The summed E-state index contributed by atoms with van der Waals surface area (Å²) in [5, 5.41) is 9.98. The lowest BCUT2D eigenvalue weighted by Crippen LogP contribution is -2.38. The highest BCUT2D eigenvalue weighted by molar-refractivity contribution is 14.0. The number of anilines is 1. The van der Waals surface area contributed by atoms with Crippen molar-refractivity contribution in [2.75, 3.05) is 31.5 Å². The van der Waals surface area contributed by atoms with E-state index in [9.17, 15) is 0 Å². The largest absolute Gasteiger partial charge is 0.370 e. The van der Waals surface area contributed by atoms with Gasteiger partial charge in [0.15, 0.2) is 5.96 Å². The molecule has 1 rings (SSSR count). The van der Waals surface area contributed by atoms with Crippen LogP contribution < -0.4 is 16.0 Å². The Morgan fingerprint density at radius 3 is 2.65 bits per heavy atom. The Kier molecular flexibility index (Phi) is 13.9. The number of pyridine rings is 1. The standard InChI is InChI=1S/C17H31N5.HI/c1-4-18-17(22-14-10-15(2)3)21-13-8-7-12-20-16-9-5-6-11-19-16;/h5-6,9,11,15H,4,7-8,10,12-14H2,1-3H3,(H,19,20)(H2,18,21,22);1H. The Hall–Kier alpha value is -1.05. The second-order valence-corrected chi connectivity index (χ2v) is 5.72. The fourth-order valence-corrected chi connectivity index (χ4v) is 1.93. The van der Waals surface area contributed by atoms with Crippen molar-refractivity contribution in [3.63, 3.8) is 0 Å². The van der Waals surface area contributed by atoms with Crippen LogP contribution in [0.5, 0.6) is 0 Å². The van der Waals surface area contributed by atoms with E-state index in [-0.39, 0.29) is 24.0 Å². The molecular formula is C17H32IN5. The van der Waals surface area contributed by atoms with Crippen molar-refractivity contribution in [3.05, 3.63) is 24.4 Å². The maximum atomic E-state index is 4.61. The summed E-state index contributed by atoms with van der Waals surface area (Å²) in [5.74, 6) is 2.59. The molecule has 0 bridgehead atoms. The molecule has 132 valence electrons. The Bertz CT molecular complexity index is 409. The van der Waals surface area contributed by atoms with E-state index in [4.69, 9.17) is 0 Å². The monoisotopic (exact) mass is 433 g/mol. The van der Waals surface area contributed by atoms with E-state index >= 15 is 0 Å². The van der Waals surface area contributed by atoms with E-state index in [1.165, 1.54) is 6.42 Å². The zero-order valence-corrected chi connectivity index (χ0v) is 17.0. The SMILES string of the molecule is CCNC(=NCCCCNc1ccccn1)NCCC(C)C.I. The first-order valence-corrected chi connectivity index (χ1v) is 8.39. The molecule has 0 radical (unpaired) electrons. The number of nitrogens with one attached hydrogen (secondary N) is 3. The summed E-state index contributed by atoms with van der Waals surface area (Å²) in [6.45, 7) is 10.2. The van der Waals surface area contributed by atoms with Crippen molar-refractivity contribution in [2.24, 2.45) is 10.9 Å². The molecule has 1 aromatic rings. The van der Waals surface area contributed by atoms with Crippen molar-refractivity contribution in [2.45, 2.75) is 40.0 Å². The molecular weight excluding hydrogens is 401 g/mol. The first kappa shape index (κ1) is 21.9. The molecule has 0 aliphatic carbocycles. The smallest absolute Gasteiger partial charge is 0.191 e. The summed E-state index contributed by atoms with van der Waals surface area (Å²) in [5.41, 5.74) is 0. The van der Waals surface area contributed by atoms with Crippen LogP contribution in [0, 0.1) is 5.92 Å². The molecule has 0 unspecified atom stereocenters. The van der Waals surface area contributed by atoms with Gasteiger partial charge in [-0.15, -0.1) is 24.0 Å². The summed E-state index contributed by atoms with van der Waals surface area (Å²) >= 11 is 0. The van der Waals surface area contributed by atoms with Crippen molar-refractivity contribution >= 4 is 35.8 Å². The van der Waals surface area contributed by atoms with Crippen molar-refractivity contribution in [3.8, 4) is 0 Å². The number of guanidine groups is 1. The molecule has 0 aliphatic rings. The predicted molar refractivity (Wildman–Crippen MR) is 111 cm³/mol. The van der Waals surface area contributed by atoms with E-state index in [1.54, 1.807) is 6.20 Å². The molecule has 23 heavy (non-hydrogen) atoms. The van der Waals surface area contributed by atoms with Gasteiger partial charge in [-0.2, -0.15) is 0 Å². The predicted octanol–water partition coefficient (Wildman–Crippen LogP) is 3.49. The van der Waals surface area contributed by atoms with Crippen LogP contribution in [0.1, 0.15) is 40.0 Å². The minimum Gasteiger partial charge on any atom is -0.370 e. The van der Waals surface area contributed by atoms with Gasteiger partial charge in [-0.3, -0.25) is 4.99 Å². The molecule has 0 aromatic carbocycles. The second kappa shape index (κ2) is 14.5. The maximum Gasteiger partial charge on any atom is 0.191 e. The van der Waals surface area contributed by atoms with Crippen LogP contribution in [-0.2, 0) is 0 Å². The van der Waals surface area contributed by atoms with Crippen LogP contribution in [0.25, 0.3) is 0 Å². The average molecular weight is 433 g/mol. The Labute approximate surface area is 158 Å². The van der Waals surface area contributed by atoms with E-state index < -0.39 is 0 Å². The summed E-state index contributed by atoms with van der Waals surface area (Å²) in [6.07, 6.45) is 5.13. The third-order valence-corrected chi connectivity index (χ3v) is 3.18. The number of aromatic nitrogens is 1. The molecule has 0 saturated heterocycles. The maximum absolute atomic E-state index is 4.61. The minimum atomic E-state index is 0. The highest BCUT2D eigenvalue weighted by Crippen LogP contribution is 2.00. The number of unbranched alkanes of at least 4 members (excludes halogenated alkanes) is 1. The minimum absolute atomic E-state index is 0. The van der Waals surface area contributed by atoms with E-state index in [1.807, 2.05) is 18.2 Å².